The van der Waals surface area contributed by atoms with E-state index in [9.17, 15) is 4.79 Å². The van der Waals surface area contributed by atoms with E-state index >= 15 is 0 Å². The topological polar surface area (TPSA) is 41.6 Å². The Morgan fingerprint density at radius 1 is 1.44 bits per heavy atom. The van der Waals surface area contributed by atoms with Gasteiger partial charge in [0.15, 0.2) is 0 Å². The average molecular weight is 228 g/mol. The molecular formula is C12H24N2O2. The van der Waals surface area contributed by atoms with Crippen LogP contribution in [0.15, 0.2) is 0 Å². The standard InChI is InChI=1S/C12H24N2O2/c1-5-13-6-9(2)12(15)14-7-10(3)16-11(4)8-14/h9-11,13H,5-8H2,1-4H3. The van der Waals surface area contributed by atoms with Crippen molar-refractivity contribution >= 4 is 5.91 Å². The van der Waals surface area contributed by atoms with Crippen molar-refractivity contribution in [1.29, 1.82) is 0 Å². The Balaban J connectivity index is 2.45. The second-order valence-electron chi connectivity index (χ2n) is 4.71. The number of hydrogen-bond acceptors (Lipinski definition) is 3. The van der Waals surface area contributed by atoms with Gasteiger partial charge in [-0.1, -0.05) is 13.8 Å². The first-order chi connectivity index (χ1) is 7.54. The molecule has 1 N–H and O–H groups in total. The Hall–Kier alpha value is -0.610. The van der Waals surface area contributed by atoms with Crippen LogP contribution in [-0.4, -0.2) is 49.2 Å². The summed E-state index contributed by atoms with van der Waals surface area (Å²) in [4.78, 5) is 14.1. The van der Waals surface area contributed by atoms with Crippen LogP contribution in [0.3, 0.4) is 0 Å². The van der Waals surface area contributed by atoms with E-state index in [0.29, 0.717) is 0 Å². The molecule has 0 radical (unpaired) electrons. The Kier molecular flexibility index (Phi) is 5.22. The highest BCUT2D eigenvalue weighted by atomic mass is 16.5. The maximum Gasteiger partial charge on any atom is 0.226 e. The number of hydrogen-bond donors (Lipinski definition) is 1. The summed E-state index contributed by atoms with van der Waals surface area (Å²) in [7, 11) is 0. The Labute approximate surface area is 98.3 Å². The van der Waals surface area contributed by atoms with Crippen LogP contribution in [0.5, 0.6) is 0 Å². The molecule has 3 unspecified atom stereocenters. The van der Waals surface area contributed by atoms with Crippen LogP contribution in [-0.2, 0) is 9.53 Å². The van der Waals surface area contributed by atoms with E-state index in [4.69, 9.17) is 4.74 Å². The van der Waals surface area contributed by atoms with Gasteiger partial charge in [0.1, 0.15) is 0 Å². The van der Waals surface area contributed by atoms with Gasteiger partial charge in [0.25, 0.3) is 0 Å². The van der Waals surface area contributed by atoms with Crippen LogP contribution >= 0.6 is 0 Å². The van der Waals surface area contributed by atoms with Crippen LogP contribution < -0.4 is 5.32 Å². The zero-order valence-electron chi connectivity index (χ0n) is 10.8. The van der Waals surface area contributed by atoms with Gasteiger partial charge in [-0.3, -0.25) is 4.79 Å². The van der Waals surface area contributed by atoms with Crippen molar-refractivity contribution in [3.63, 3.8) is 0 Å². The molecule has 3 atom stereocenters. The molecule has 0 bridgehead atoms. The molecule has 1 amide bonds. The molecule has 16 heavy (non-hydrogen) atoms. The normalized spacial score (nSPS) is 27.9. The fourth-order valence-corrected chi connectivity index (χ4v) is 2.12. The van der Waals surface area contributed by atoms with E-state index in [2.05, 4.69) is 12.2 Å². The average Bonchev–Trinajstić information content (AvgIpc) is 2.23. The van der Waals surface area contributed by atoms with E-state index in [0.717, 1.165) is 26.2 Å². The molecule has 1 rings (SSSR count). The van der Waals surface area contributed by atoms with Crippen LogP contribution in [0.25, 0.3) is 0 Å². The zero-order chi connectivity index (χ0) is 12.1. The lowest BCUT2D eigenvalue weighted by Crippen LogP contribution is -2.50. The molecule has 4 nitrogen and oxygen atoms in total. The lowest BCUT2D eigenvalue weighted by molar-refractivity contribution is -0.146. The highest BCUT2D eigenvalue weighted by Gasteiger charge is 2.28. The van der Waals surface area contributed by atoms with Crippen molar-refractivity contribution in [2.24, 2.45) is 5.92 Å². The third kappa shape index (κ3) is 3.76. The molecule has 1 fully saturated rings. The maximum atomic E-state index is 12.1. The van der Waals surface area contributed by atoms with E-state index in [-0.39, 0.29) is 24.0 Å². The molecule has 1 aliphatic rings. The van der Waals surface area contributed by atoms with E-state index in [1.54, 1.807) is 0 Å². The first-order valence-electron chi connectivity index (χ1n) is 6.19. The van der Waals surface area contributed by atoms with Crippen molar-refractivity contribution in [3.8, 4) is 0 Å². The number of morpholine rings is 1. The van der Waals surface area contributed by atoms with Crippen molar-refractivity contribution in [2.45, 2.75) is 39.9 Å². The SMILES string of the molecule is CCNCC(C)C(=O)N1CC(C)OC(C)C1. The quantitative estimate of drug-likeness (QED) is 0.776. The van der Waals surface area contributed by atoms with Crippen LogP contribution in [0.1, 0.15) is 27.7 Å². The molecule has 0 saturated carbocycles. The lowest BCUT2D eigenvalue weighted by atomic mass is 10.1. The molecule has 94 valence electrons. The van der Waals surface area contributed by atoms with E-state index < -0.39 is 0 Å². The number of nitrogens with one attached hydrogen (secondary N) is 1. The van der Waals surface area contributed by atoms with E-state index in [1.165, 1.54) is 0 Å². The Morgan fingerprint density at radius 2 is 2.00 bits per heavy atom. The summed E-state index contributed by atoms with van der Waals surface area (Å²) in [6.07, 6.45) is 0.304. The fourth-order valence-electron chi connectivity index (χ4n) is 2.12. The summed E-state index contributed by atoms with van der Waals surface area (Å²) >= 11 is 0. The molecule has 1 saturated heterocycles. The predicted octanol–water partition coefficient (Wildman–Crippen LogP) is 0.868. The minimum Gasteiger partial charge on any atom is -0.372 e. The first-order valence-corrected chi connectivity index (χ1v) is 6.19. The summed E-state index contributed by atoms with van der Waals surface area (Å²) in [5, 5.41) is 3.21. The lowest BCUT2D eigenvalue weighted by Gasteiger charge is -2.36. The third-order valence-electron chi connectivity index (χ3n) is 2.85. The summed E-state index contributed by atoms with van der Waals surface area (Å²) in [6.45, 7) is 11.2. The van der Waals surface area contributed by atoms with Crippen LogP contribution in [0.4, 0.5) is 0 Å². The van der Waals surface area contributed by atoms with Gasteiger partial charge in [-0.05, 0) is 20.4 Å². The smallest absolute Gasteiger partial charge is 0.226 e. The molecule has 0 spiro atoms. The van der Waals surface area contributed by atoms with E-state index in [1.807, 2.05) is 25.7 Å². The summed E-state index contributed by atoms with van der Waals surface area (Å²) in [5.41, 5.74) is 0. The number of ether oxygens (including phenoxy) is 1. The molecule has 4 heteroatoms. The zero-order valence-corrected chi connectivity index (χ0v) is 10.8. The minimum atomic E-state index is 0.0532. The van der Waals surface area contributed by atoms with Crippen molar-refractivity contribution in [1.82, 2.24) is 10.2 Å². The molecule has 0 aromatic rings. The number of amides is 1. The van der Waals surface area contributed by atoms with Crippen molar-refractivity contribution in [2.75, 3.05) is 26.2 Å². The predicted molar refractivity (Wildman–Crippen MR) is 64.3 cm³/mol. The highest BCUT2D eigenvalue weighted by molar-refractivity contribution is 5.78. The largest absolute Gasteiger partial charge is 0.372 e. The Morgan fingerprint density at radius 3 is 2.50 bits per heavy atom. The van der Waals surface area contributed by atoms with Gasteiger partial charge in [-0.15, -0.1) is 0 Å². The maximum absolute atomic E-state index is 12.1. The van der Waals surface area contributed by atoms with Crippen LogP contribution in [0, 0.1) is 5.92 Å². The number of carbonyl (C=O) groups excluding carboxylic acids is 1. The fraction of sp³-hybridized carbons (Fsp3) is 0.917. The van der Waals surface area contributed by atoms with Gasteiger partial charge in [0.05, 0.1) is 12.2 Å². The Bertz CT molecular complexity index is 223. The van der Waals surface area contributed by atoms with Crippen LogP contribution in [0.2, 0.25) is 0 Å². The monoisotopic (exact) mass is 228 g/mol. The van der Waals surface area contributed by atoms with Gasteiger partial charge in [-0.2, -0.15) is 0 Å². The molecule has 1 heterocycles. The summed E-state index contributed by atoms with van der Waals surface area (Å²) in [5.74, 6) is 0.292. The number of rotatable bonds is 4. The number of carbonyl (C=O) groups is 1. The van der Waals surface area contributed by atoms with Crippen molar-refractivity contribution < 1.29 is 9.53 Å². The third-order valence-corrected chi connectivity index (χ3v) is 2.85. The van der Waals surface area contributed by atoms with Gasteiger partial charge in [0.2, 0.25) is 5.91 Å². The molecular weight excluding hydrogens is 204 g/mol. The summed E-state index contributed by atoms with van der Waals surface area (Å²) in [6, 6.07) is 0. The molecule has 0 aliphatic carbocycles. The first kappa shape index (κ1) is 13.5. The second kappa shape index (κ2) is 6.21. The minimum absolute atomic E-state index is 0.0532. The van der Waals surface area contributed by atoms with Gasteiger partial charge in [0, 0.05) is 25.6 Å². The molecule has 1 aliphatic heterocycles. The second-order valence-corrected chi connectivity index (χ2v) is 4.71. The van der Waals surface area contributed by atoms with Crippen molar-refractivity contribution in [3.05, 3.63) is 0 Å². The number of nitrogens with zero attached hydrogens (tertiary/aromatic N) is 1. The van der Waals surface area contributed by atoms with Gasteiger partial charge < -0.3 is 15.0 Å². The van der Waals surface area contributed by atoms with Gasteiger partial charge >= 0.3 is 0 Å². The molecule has 0 aromatic carbocycles. The molecule has 0 aromatic heterocycles. The highest BCUT2D eigenvalue weighted by Crippen LogP contribution is 2.13. The summed E-state index contributed by atoms with van der Waals surface area (Å²) < 4.78 is 5.62. The van der Waals surface area contributed by atoms with Gasteiger partial charge in [-0.25, -0.2) is 0 Å².